The number of carbonyl (C=O) groups excluding carboxylic acids is 1. The van der Waals surface area contributed by atoms with Gasteiger partial charge in [-0.1, -0.05) is 29.3 Å². The Bertz CT molecular complexity index is 744. The zero-order chi connectivity index (χ0) is 15.6. The van der Waals surface area contributed by atoms with Crippen molar-refractivity contribution in [2.45, 2.75) is 6.73 Å². The van der Waals surface area contributed by atoms with Crippen LogP contribution in [-0.2, 0) is 11.5 Å². The predicted octanol–water partition coefficient (Wildman–Crippen LogP) is 2.64. The first-order valence-corrected chi connectivity index (χ1v) is 6.19. The lowest BCUT2D eigenvalue weighted by molar-refractivity contribution is 0.0329. The molecular formula is C12H6Cl2F2N2O3. The van der Waals surface area contributed by atoms with Crippen LogP contribution in [0.3, 0.4) is 0 Å². The van der Waals surface area contributed by atoms with E-state index in [1.54, 1.807) is 0 Å². The topological polar surface area (TPSA) is 61.2 Å². The van der Waals surface area contributed by atoms with Gasteiger partial charge in [-0.2, -0.15) is 9.78 Å². The van der Waals surface area contributed by atoms with Gasteiger partial charge in [0.15, 0.2) is 6.73 Å². The molecule has 0 saturated carbocycles. The van der Waals surface area contributed by atoms with Gasteiger partial charge in [0, 0.05) is 0 Å². The lowest BCUT2D eigenvalue weighted by Gasteiger charge is -2.08. The van der Waals surface area contributed by atoms with Crippen LogP contribution in [0, 0.1) is 11.6 Å². The minimum Gasteiger partial charge on any atom is -0.438 e. The Hall–Kier alpha value is -1.99. The highest BCUT2D eigenvalue weighted by Gasteiger charge is 2.19. The second-order valence-corrected chi connectivity index (χ2v) is 4.55. The highest BCUT2D eigenvalue weighted by Crippen LogP contribution is 2.15. The van der Waals surface area contributed by atoms with E-state index in [0.29, 0.717) is 4.68 Å². The highest BCUT2D eigenvalue weighted by atomic mass is 35.5. The van der Waals surface area contributed by atoms with Crippen LogP contribution in [-0.4, -0.2) is 15.7 Å². The molecule has 2 aromatic rings. The lowest BCUT2D eigenvalue weighted by Crippen LogP contribution is -2.26. The van der Waals surface area contributed by atoms with Gasteiger partial charge in [-0.05, 0) is 12.1 Å². The average Bonchev–Trinajstić information content (AvgIpc) is 2.44. The van der Waals surface area contributed by atoms with Gasteiger partial charge < -0.3 is 4.74 Å². The van der Waals surface area contributed by atoms with Gasteiger partial charge in [0.1, 0.15) is 22.2 Å². The summed E-state index contributed by atoms with van der Waals surface area (Å²) in [7, 11) is 0. The Morgan fingerprint density at radius 1 is 1.29 bits per heavy atom. The number of halogens is 4. The molecule has 110 valence electrons. The van der Waals surface area contributed by atoms with Gasteiger partial charge in [-0.25, -0.2) is 13.6 Å². The quantitative estimate of drug-likeness (QED) is 0.809. The number of nitrogens with zero attached hydrogens (tertiary/aromatic N) is 2. The van der Waals surface area contributed by atoms with E-state index in [2.05, 4.69) is 9.84 Å². The van der Waals surface area contributed by atoms with Crippen LogP contribution in [0.15, 0.2) is 29.2 Å². The third kappa shape index (κ3) is 3.20. The van der Waals surface area contributed by atoms with Crippen molar-refractivity contribution < 1.29 is 18.3 Å². The number of aromatic nitrogens is 2. The van der Waals surface area contributed by atoms with Crippen molar-refractivity contribution in [2.75, 3.05) is 0 Å². The molecule has 5 nitrogen and oxygen atoms in total. The molecule has 2 rings (SSSR count). The largest absolute Gasteiger partial charge is 0.438 e. The maximum absolute atomic E-state index is 13.4. The summed E-state index contributed by atoms with van der Waals surface area (Å²) in [6.07, 6.45) is 1.07. The third-order valence-corrected chi connectivity index (χ3v) is 3.18. The van der Waals surface area contributed by atoms with Crippen LogP contribution in [0.4, 0.5) is 8.78 Å². The predicted molar refractivity (Wildman–Crippen MR) is 70.3 cm³/mol. The van der Waals surface area contributed by atoms with Gasteiger partial charge in [0.2, 0.25) is 0 Å². The van der Waals surface area contributed by atoms with Crippen LogP contribution >= 0.6 is 23.2 Å². The molecule has 0 fully saturated rings. The van der Waals surface area contributed by atoms with E-state index in [-0.39, 0.29) is 10.0 Å². The molecule has 0 bridgehead atoms. The van der Waals surface area contributed by atoms with Crippen LogP contribution in [0.1, 0.15) is 10.4 Å². The van der Waals surface area contributed by atoms with Gasteiger partial charge in [0.25, 0.3) is 5.56 Å². The standard InChI is InChI=1S/C12H6Cl2F2N2O3/c13-6-4-17-18(11(19)10(6)14)5-21-12(20)9-7(15)2-1-3-8(9)16/h1-4H,5H2. The SMILES string of the molecule is O=C(OCn1ncc(Cl)c(Cl)c1=O)c1c(F)cccc1F. The molecule has 0 amide bonds. The maximum Gasteiger partial charge on any atom is 0.345 e. The molecule has 0 N–H and O–H groups in total. The van der Waals surface area contributed by atoms with Crippen molar-refractivity contribution in [1.82, 2.24) is 9.78 Å². The normalized spacial score (nSPS) is 10.5. The fraction of sp³-hybridized carbons (Fsp3) is 0.0833. The Morgan fingerprint density at radius 3 is 2.52 bits per heavy atom. The first-order valence-electron chi connectivity index (χ1n) is 5.44. The summed E-state index contributed by atoms with van der Waals surface area (Å²) in [6.45, 7) is -0.664. The van der Waals surface area contributed by atoms with E-state index >= 15 is 0 Å². The van der Waals surface area contributed by atoms with E-state index < -0.39 is 35.5 Å². The number of hydrogen-bond acceptors (Lipinski definition) is 4. The minimum atomic E-state index is -1.27. The molecule has 21 heavy (non-hydrogen) atoms. The van der Waals surface area contributed by atoms with Crippen molar-refractivity contribution in [3.63, 3.8) is 0 Å². The number of rotatable bonds is 3. The highest BCUT2D eigenvalue weighted by molar-refractivity contribution is 6.41. The summed E-state index contributed by atoms with van der Waals surface area (Å²) >= 11 is 11.2. The van der Waals surface area contributed by atoms with E-state index in [0.717, 1.165) is 24.4 Å². The minimum absolute atomic E-state index is 0.0654. The lowest BCUT2D eigenvalue weighted by atomic mass is 10.2. The van der Waals surface area contributed by atoms with E-state index in [9.17, 15) is 18.4 Å². The summed E-state index contributed by atoms with van der Waals surface area (Å²) in [5.74, 6) is -3.42. The number of esters is 1. The number of ether oxygens (including phenoxy) is 1. The van der Waals surface area contributed by atoms with Crippen molar-refractivity contribution in [2.24, 2.45) is 0 Å². The summed E-state index contributed by atoms with van der Waals surface area (Å²) in [5, 5.41) is 3.20. The molecule has 0 spiro atoms. The van der Waals surface area contributed by atoms with Crippen molar-refractivity contribution >= 4 is 29.2 Å². The van der Waals surface area contributed by atoms with Gasteiger partial charge in [0.05, 0.1) is 11.2 Å². The Kier molecular flexibility index (Phi) is 4.54. The monoisotopic (exact) mass is 334 g/mol. The summed E-state index contributed by atoms with van der Waals surface area (Å²) in [4.78, 5) is 23.2. The Labute approximate surface area is 126 Å². The summed E-state index contributed by atoms with van der Waals surface area (Å²) in [6, 6.07) is 2.92. The van der Waals surface area contributed by atoms with Gasteiger partial charge in [-0.3, -0.25) is 4.79 Å². The molecule has 0 unspecified atom stereocenters. The van der Waals surface area contributed by atoms with Crippen LogP contribution in [0.5, 0.6) is 0 Å². The third-order valence-electron chi connectivity index (χ3n) is 2.43. The van der Waals surface area contributed by atoms with Crippen molar-refractivity contribution in [3.8, 4) is 0 Å². The molecular weight excluding hydrogens is 329 g/mol. The Morgan fingerprint density at radius 2 is 1.90 bits per heavy atom. The summed E-state index contributed by atoms with van der Waals surface area (Å²) < 4.78 is 32.0. The fourth-order valence-electron chi connectivity index (χ4n) is 1.42. The molecule has 0 radical (unpaired) electrons. The second-order valence-electron chi connectivity index (χ2n) is 3.77. The van der Waals surface area contributed by atoms with Crippen LogP contribution in [0.25, 0.3) is 0 Å². The zero-order valence-electron chi connectivity index (χ0n) is 10.1. The second kappa shape index (κ2) is 6.19. The number of carbonyl (C=O) groups is 1. The van der Waals surface area contributed by atoms with E-state index in [1.165, 1.54) is 0 Å². The van der Waals surface area contributed by atoms with Crippen LogP contribution < -0.4 is 5.56 Å². The molecule has 0 aliphatic heterocycles. The van der Waals surface area contributed by atoms with Crippen LogP contribution in [0.2, 0.25) is 10.0 Å². The molecule has 9 heteroatoms. The van der Waals surface area contributed by atoms with Crippen molar-refractivity contribution in [3.05, 3.63) is 62.0 Å². The molecule has 1 heterocycles. The first kappa shape index (κ1) is 15.4. The molecule has 0 aliphatic carbocycles. The van der Waals surface area contributed by atoms with E-state index in [1.807, 2.05) is 0 Å². The number of hydrogen-bond donors (Lipinski definition) is 0. The molecule has 0 atom stereocenters. The number of benzene rings is 1. The molecule has 1 aromatic heterocycles. The summed E-state index contributed by atoms with van der Waals surface area (Å²) in [5.41, 5.74) is -1.66. The maximum atomic E-state index is 13.4. The molecule has 1 aromatic carbocycles. The molecule has 0 saturated heterocycles. The molecule has 0 aliphatic rings. The first-order chi connectivity index (χ1) is 9.91. The van der Waals surface area contributed by atoms with Gasteiger partial charge >= 0.3 is 5.97 Å². The Balaban J connectivity index is 2.19. The van der Waals surface area contributed by atoms with Gasteiger partial charge in [-0.15, -0.1) is 0 Å². The van der Waals surface area contributed by atoms with E-state index in [4.69, 9.17) is 23.2 Å². The zero-order valence-corrected chi connectivity index (χ0v) is 11.7. The average molecular weight is 335 g/mol. The smallest absolute Gasteiger partial charge is 0.345 e. The fourth-order valence-corrected chi connectivity index (χ4v) is 1.69. The van der Waals surface area contributed by atoms with Crippen molar-refractivity contribution in [1.29, 1.82) is 0 Å².